The van der Waals surface area contributed by atoms with Crippen molar-refractivity contribution in [3.05, 3.63) is 80.6 Å². The molecule has 0 spiro atoms. The number of amides is 2. The van der Waals surface area contributed by atoms with Gasteiger partial charge in [-0.3, -0.25) is 29.0 Å². The van der Waals surface area contributed by atoms with E-state index in [4.69, 9.17) is 9.47 Å². The zero-order chi connectivity index (χ0) is 37.8. The molecule has 272 valence electrons. The molecule has 6 atom stereocenters. The highest BCUT2D eigenvalue weighted by Gasteiger charge is 2.58. The van der Waals surface area contributed by atoms with Crippen LogP contribution in [0.25, 0.3) is 0 Å². The van der Waals surface area contributed by atoms with Crippen LogP contribution < -0.4 is 15.4 Å². The lowest BCUT2D eigenvalue weighted by Crippen LogP contribution is -2.71. The number of nitriles is 1. The summed E-state index contributed by atoms with van der Waals surface area (Å²) in [5.74, 6) is -3.35. The summed E-state index contributed by atoms with van der Waals surface area (Å²) in [5.41, 5.74) is 2.44. The SMILES string of the molecule is CC[C@H](NC(=O)c1ccccc1C(=O)O)C(=O)NC[C@H]1C2=C(C[C@H]3[C@H]4c5c(cc(C)c(OC)c5O)C[C@@H]([C@H](C#N)N13)N4C)C(=O)C(C)=C(OC)C2=O. The van der Waals surface area contributed by atoms with Crippen LogP contribution in [0, 0.1) is 18.3 Å². The maximum atomic E-state index is 14.1. The van der Waals surface area contributed by atoms with Gasteiger partial charge in [0.15, 0.2) is 23.0 Å². The van der Waals surface area contributed by atoms with Gasteiger partial charge in [0.05, 0.1) is 43.5 Å². The highest BCUT2D eigenvalue weighted by molar-refractivity contribution is 6.25. The second-order valence-corrected chi connectivity index (χ2v) is 13.6. The minimum Gasteiger partial charge on any atom is -0.504 e. The van der Waals surface area contributed by atoms with Crippen molar-refractivity contribution < 1.29 is 43.7 Å². The van der Waals surface area contributed by atoms with Crippen molar-refractivity contribution in [2.75, 3.05) is 27.8 Å². The number of carbonyl (C=O) groups excluding carboxylic acids is 4. The number of nitrogens with one attached hydrogen (secondary N) is 2. The number of aryl methyl sites for hydroxylation is 1. The topological polar surface area (TPSA) is 199 Å². The Morgan fingerprint density at radius 2 is 1.75 bits per heavy atom. The van der Waals surface area contributed by atoms with Crippen LogP contribution in [0.4, 0.5) is 0 Å². The monoisotopic (exact) mass is 711 g/mol. The number of benzene rings is 2. The Kier molecular flexibility index (Phi) is 9.69. The van der Waals surface area contributed by atoms with Crippen molar-refractivity contribution >= 4 is 29.4 Å². The van der Waals surface area contributed by atoms with Crippen LogP contribution in [0.2, 0.25) is 0 Å². The maximum Gasteiger partial charge on any atom is 0.336 e. The van der Waals surface area contributed by atoms with E-state index in [0.717, 1.165) is 11.1 Å². The lowest BCUT2D eigenvalue weighted by molar-refractivity contribution is -0.125. The lowest BCUT2D eigenvalue weighted by Gasteiger charge is -2.60. The number of rotatable bonds is 9. The molecule has 2 bridgehead atoms. The molecule has 3 aliphatic heterocycles. The van der Waals surface area contributed by atoms with E-state index in [9.17, 15) is 39.4 Å². The van der Waals surface area contributed by atoms with Gasteiger partial charge in [-0.05, 0) is 63.4 Å². The summed E-state index contributed by atoms with van der Waals surface area (Å²) in [6.07, 6.45) is 0.645. The number of likely N-dealkylation sites (N-methyl/N-ethyl adjacent to an activating group) is 1. The Morgan fingerprint density at radius 3 is 2.37 bits per heavy atom. The maximum absolute atomic E-state index is 14.1. The third kappa shape index (κ3) is 5.61. The van der Waals surface area contributed by atoms with Gasteiger partial charge in [-0.15, -0.1) is 0 Å². The summed E-state index contributed by atoms with van der Waals surface area (Å²) in [6.45, 7) is 4.83. The predicted molar refractivity (Wildman–Crippen MR) is 186 cm³/mol. The fourth-order valence-corrected chi connectivity index (χ4v) is 8.59. The summed E-state index contributed by atoms with van der Waals surface area (Å²) in [6, 6.07) is 5.74. The smallest absolute Gasteiger partial charge is 0.336 e. The van der Waals surface area contributed by atoms with Crippen molar-refractivity contribution in [3.63, 3.8) is 0 Å². The lowest BCUT2D eigenvalue weighted by atomic mass is 9.69. The molecular formula is C38H41N5O9. The number of hydrogen-bond donors (Lipinski definition) is 4. The number of phenols is 1. The Bertz CT molecular complexity index is 2010. The summed E-state index contributed by atoms with van der Waals surface area (Å²) < 4.78 is 11.0. The van der Waals surface area contributed by atoms with E-state index in [1.165, 1.54) is 45.4 Å². The summed E-state index contributed by atoms with van der Waals surface area (Å²) in [4.78, 5) is 70.8. The average Bonchev–Trinajstić information content (AvgIpc) is 3.12. The van der Waals surface area contributed by atoms with E-state index in [1.54, 1.807) is 6.92 Å². The molecule has 2 aromatic rings. The number of aromatic carboxylic acids is 1. The predicted octanol–water partition coefficient (Wildman–Crippen LogP) is 2.35. The minimum absolute atomic E-state index is 0.0254. The second kappa shape index (κ2) is 13.9. The van der Waals surface area contributed by atoms with Crippen molar-refractivity contribution in [2.24, 2.45) is 0 Å². The van der Waals surface area contributed by atoms with Crippen LogP contribution in [-0.4, -0.2) is 107 Å². The van der Waals surface area contributed by atoms with Gasteiger partial charge < -0.3 is 30.3 Å². The van der Waals surface area contributed by atoms with E-state index in [-0.39, 0.29) is 70.6 Å². The largest absolute Gasteiger partial charge is 0.504 e. The van der Waals surface area contributed by atoms with Crippen LogP contribution in [0.5, 0.6) is 11.5 Å². The van der Waals surface area contributed by atoms with E-state index < -0.39 is 53.8 Å². The summed E-state index contributed by atoms with van der Waals surface area (Å²) >= 11 is 0. The molecule has 0 aromatic heterocycles. The normalized spacial score (nSPS) is 24.6. The van der Waals surface area contributed by atoms with E-state index in [1.807, 2.05) is 29.8 Å². The van der Waals surface area contributed by atoms with Crippen LogP contribution in [-0.2, 0) is 25.5 Å². The number of allylic oxidation sites excluding steroid dienone is 2. The van der Waals surface area contributed by atoms with Gasteiger partial charge in [-0.2, -0.15) is 5.26 Å². The quantitative estimate of drug-likeness (QED) is 0.278. The number of aromatic hydroxyl groups is 1. The number of ether oxygens (including phenoxy) is 2. The number of Topliss-reactive ketones (excluding diaryl/α,β-unsaturated/α-hetero) is 2. The zero-order valence-corrected chi connectivity index (χ0v) is 29.8. The highest BCUT2D eigenvalue weighted by atomic mass is 16.5. The van der Waals surface area contributed by atoms with Crippen LogP contribution in [0.3, 0.4) is 0 Å². The van der Waals surface area contributed by atoms with Gasteiger partial charge in [-0.1, -0.05) is 25.1 Å². The van der Waals surface area contributed by atoms with E-state index in [2.05, 4.69) is 16.7 Å². The first-order valence-electron chi connectivity index (χ1n) is 17.1. The van der Waals surface area contributed by atoms with Gasteiger partial charge in [0, 0.05) is 40.9 Å². The van der Waals surface area contributed by atoms with Gasteiger partial charge in [-0.25, -0.2) is 4.79 Å². The number of phenolic OH excluding ortho intramolecular Hbond substituents is 1. The fraction of sp³-hybridized carbons (Fsp3) is 0.421. The Morgan fingerprint density at radius 1 is 1.06 bits per heavy atom. The van der Waals surface area contributed by atoms with Crippen molar-refractivity contribution in [3.8, 4) is 17.6 Å². The summed E-state index contributed by atoms with van der Waals surface area (Å²) in [5, 5.41) is 37.4. The number of carbonyl (C=O) groups is 5. The first-order chi connectivity index (χ1) is 24.8. The van der Waals surface area contributed by atoms with Crippen LogP contribution in [0.15, 0.2) is 52.8 Å². The number of piperazine rings is 1. The van der Waals surface area contributed by atoms with Gasteiger partial charge in [0.25, 0.3) is 5.91 Å². The molecule has 14 nitrogen and oxygen atoms in total. The minimum atomic E-state index is -1.29. The zero-order valence-electron chi connectivity index (χ0n) is 29.8. The molecule has 6 rings (SSSR count). The fourth-order valence-electron chi connectivity index (χ4n) is 8.59. The molecule has 4 N–H and O–H groups in total. The third-order valence-electron chi connectivity index (χ3n) is 11.0. The van der Waals surface area contributed by atoms with E-state index in [0.29, 0.717) is 17.7 Å². The molecule has 0 radical (unpaired) electrons. The number of fused-ring (bicyclic) bond motifs is 6. The standard InChI is InChI=1S/C38H41N5O9/c1-7-23(41-36(47)20-10-8-9-11-21(20)38(49)50)37(48)40-16-27-29-22(31(44)18(3)35(52-6)33(29)46)14-25-30-28-19(12-17(2)34(51-5)32(28)45)13-24(42(30)4)26(15-39)43(25)27/h8-12,23-27,30,45H,7,13-14,16H2,1-6H3,(H,40,48)(H,41,47)(H,49,50)/t23-,24-,25-,26-,27-,30-/m0/s1. The Hall–Kier alpha value is -5.52. The van der Waals surface area contributed by atoms with Gasteiger partial charge in [0.2, 0.25) is 11.7 Å². The first-order valence-corrected chi connectivity index (χ1v) is 17.1. The Balaban J connectivity index is 1.40. The van der Waals surface area contributed by atoms with Crippen molar-refractivity contribution in [1.82, 2.24) is 20.4 Å². The third-order valence-corrected chi connectivity index (χ3v) is 11.0. The second-order valence-electron chi connectivity index (χ2n) is 13.6. The first kappa shape index (κ1) is 36.3. The number of carboxylic acid groups (broad SMARTS) is 1. The Labute approximate surface area is 300 Å². The number of hydrogen-bond acceptors (Lipinski definition) is 11. The van der Waals surface area contributed by atoms with Crippen molar-refractivity contribution in [2.45, 2.75) is 76.3 Å². The van der Waals surface area contributed by atoms with Crippen LogP contribution in [0.1, 0.15) is 70.1 Å². The van der Waals surface area contributed by atoms with Crippen molar-refractivity contribution in [1.29, 1.82) is 5.26 Å². The van der Waals surface area contributed by atoms with Crippen LogP contribution >= 0.6 is 0 Å². The number of carboxylic acids is 1. The molecule has 52 heavy (non-hydrogen) atoms. The molecule has 0 saturated carbocycles. The highest BCUT2D eigenvalue weighted by Crippen LogP contribution is 2.53. The summed E-state index contributed by atoms with van der Waals surface area (Å²) in [7, 11) is 4.67. The molecule has 14 heteroatoms. The molecule has 0 unspecified atom stereocenters. The number of nitrogens with zero attached hydrogens (tertiary/aromatic N) is 3. The molecule has 1 fully saturated rings. The molecular weight excluding hydrogens is 670 g/mol. The van der Waals surface area contributed by atoms with Gasteiger partial charge in [0.1, 0.15) is 12.1 Å². The molecule has 2 aromatic carbocycles. The molecule has 2 amide bonds. The number of ketones is 2. The average molecular weight is 712 g/mol. The molecule has 1 aliphatic carbocycles. The molecule has 1 saturated heterocycles. The molecule has 3 heterocycles. The van der Waals surface area contributed by atoms with Gasteiger partial charge >= 0.3 is 5.97 Å². The van der Waals surface area contributed by atoms with E-state index >= 15 is 0 Å². The molecule has 4 aliphatic rings. The number of methoxy groups -OCH3 is 2.